The maximum Gasteiger partial charge on any atom is 0.229 e. The van der Waals surface area contributed by atoms with E-state index in [9.17, 15) is 9.59 Å². The monoisotopic (exact) mass is 487 g/mol. The molecule has 3 aromatic heterocycles. The zero-order valence-corrected chi connectivity index (χ0v) is 20.6. The van der Waals surface area contributed by atoms with Gasteiger partial charge in [0, 0.05) is 47.3 Å². The molecule has 4 aromatic rings. The molecule has 1 amide bonds. The number of ketones is 1. The summed E-state index contributed by atoms with van der Waals surface area (Å²) in [6.07, 6.45) is 8.47. The first-order valence-corrected chi connectivity index (χ1v) is 12.1. The first-order valence-electron chi connectivity index (χ1n) is 11.3. The lowest BCUT2D eigenvalue weighted by atomic mass is 9.70. The van der Waals surface area contributed by atoms with Crippen molar-refractivity contribution in [2.75, 3.05) is 12.4 Å². The van der Waals surface area contributed by atoms with Crippen molar-refractivity contribution >= 4 is 35.2 Å². The first kappa shape index (κ1) is 23.2. The summed E-state index contributed by atoms with van der Waals surface area (Å²) in [6.45, 7) is 3.82. The van der Waals surface area contributed by atoms with E-state index in [4.69, 9.17) is 4.18 Å². The Kier molecular flexibility index (Phi) is 6.12. The van der Waals surface area contributed by atoms with Crippen LogP contribution in [0.1, 0.15) is 46.2 Å². The van der Waals surface area contributed by atoms with E-state index in [0.717, 1.165) is 16.0 Å². The van der Waals surface area contributed by atoms with Crippen LogP contribution in [0.15, 0.2) is 60.0 Å². The number of aryl methyl sites for hydroxylation is 2. The summed E-state index contributed by atoms with van der Waals surface area (Å²) in [5.74, 6) is 0.285. The van der Waals surface area contributed by atoms with E-state index in [1.807, 2.05) is 54.9 Å². The number of hydrogen-bond acceptors (Lipinski definition) is 7. The molecule has 0 fully saturated rings. The standard InChI is InChI=1S/C26H25N5O3S/c1-16-14-20(30-21(32)15-17-4-6-18(7-5-17)35-34-3)29-19-8-9-26(2,24(33)22(16)19)23-25-28-11-13-31(25)12-10-27-23/h4-7,10-14H,8-9,15H2,1-3H3,(H,29,30,32). The number of carbonyl (C=O) groups is 2. The second-order valence-electron chi connectivity index (χ2n) is 8.86. The van der Waals surface area contributed by atoms with E-state index in [-0.39, 0.29) is 18.1 Å². The third-order valence-corrected chi connectivity index (χ3v) is 7.08. The minimum atomic E-state index is -0.800. The van der Waals surface area contributed by atoms with Gasteiger partial charge >= 0.3 is 0 Å². The molecule has 0 saturated carbocycles. The number of amides is 1. The lowest BCUT2D eigenvalue weighted by Gasteiger charge is -2.33. The number of imidazole rings is 1. The van der Waals surface area contributed by atoms with Crippen molar-refractivity contribution in [3.8, 4) is 0 Å². The van der Waals surface area contributed by atoms with Gasteiger partial charge in [-0.3, -0.25) is 14.6 Å². The summed E-state index contributed by atoms with van der Waals surface area (Å²) in [4.78, 5) is 41.0. The van der Waals surface area contributed by atoms with Gasteiger partial charge in [-0.25, -0.2) is 9.97 Å². The van der Waals surface area contributed by atoms with Crippen molar-refractivity contribution in [1.82, 2.24) is 19.4 Å². The van der Waals surface area contributed by atoms with Crippen LogP contribution in [0.2, 0.25) is 0 Å². The van der Waals surface area contributed by atoms with Crippen LogP contribution in [0.25, 0.3) is 5.65 Å². The molecular formula is C26H25N5O3S. The average Bonchev–Trinajstić information content (AvgIpc) is 3.32. The molecule has 0 bridgehead atoms. The highest BCUT2D eigenvalue weighted by Gasteiger charge is 2.44. The smallest absolute Gasteiger partial charge is 0.229 e. The number of benzene rings is 1. The topological polar surface area (TPSA) is 98.5 Å². The second-order valence-corrected chi connectivity index (χ2v) is 9.83. The van der Waals surface area contributed by atoms with Gasteiger partial charge in [-0.05, 0) is 56.0 Å². The lowest BCUT2D eigenvalue weighted by molar-refractivity contribution is -0.115. The first-order chi connectivity index (χ1) is 16.9. The van der Waals surface area contributed by atoms with Gasteiger partial charge in [0.1, 0.15) is 5.82 Å². The van der Waals surface area contributed by atoms with Crippen molar-refractivity contribution in [2.24, 2.45) is 0 Å². The van der Waals surface area contributed by atoms with E-state index < -0.39 is 5.41 Å². The summed E-state index contributed by atoms with van der Waals surface area (Å²) in [5.41, 5.74) is 3.56. The molecule has 1 N–H and O–H groups in total. The van der Waals surface area contributed by atoms with Crippen LogP contribution in [0, 0.1) is 6.92 Å². The molecule has 0 radical (unpaired) electrons. The molecule has 5 rings (SSSR count). The number of aromatic nitrogens is 4. The lowest BCUT2D eigenvalue weighted by Crippen LogP contribution is -2.39. The Morgan fingerprint density at radius 2 is 1.94 bits per heavy atom. The number of Topliss-reactive ketones (excluding diaryl/α,β-unsaturated/α-hetero) is 1. The van der Waals surface area contributed by atoms with Gasteiger partial charge in [-0.2, -0.15) is 0 Å². The number of carbonyl (C=O) groups excluding carboxylic acids is 2. The van der Waals surface area contributed by atoms with E-state index >= 15 is 0 Å². The van der Waals surface area contributed by atoms with E-state index in [1.54, 1.807) is 25.6 Å². The maximum atomic E-state index is 13.8. The molecule has 1 aliphatic rings. The zero-order valence-electron chi connectivity index (χ0n) is 19.7. The highest BCUT2D eigenvalue weighted by atomic mass is 32.2. The Labute approximate surface area is 207 Å². The molecule has 9 heteroatoms. The van der Waals surface area contributed by atoms with Crippen LogP contribution < -0.4 is 5.32 Å². The average molecular weight is 488 g/mol. The Morgan fingerprint density at radius 1 is 1.20 bits per heavy atom. The minimum Gasteiger partial charge on any atom is -0.314 e. The van der Waals surface area contributed by atoms with Crippen LogP contribution in [-0.4, -0.2) is 38.2 Å². The quantitative estimate of drug-likeness (QED) is 0.404. The third kappa shape index (κ3) is 4.33. The number of hydrogen-bond donors (Lipinski definition) is 1. The van der Waals surface area contributed by atoms with E-state index in [0.29, 0.717) is 41.3 Å². The number of nitrogens with one attached hydrogen (secondary N) is 1. The normalized spacial score (nSPS) is 17.4. The van der Waals surface area contributed by atoms with E-state index in [1.165, 1.54) is 12.0 Å². The Morgan fingerprint density at radius 3 is 2.69 bits per heavy atom. The molecule has 178 valence electrons. The van der Waals surface area contributed by atoms with Crippen molar-refractivity contribution in [2.45, 2.75) is 43.4 Å². The van der Waals surface area contributed by atoms with Crippen LogP contribution in [0.3, 0.4) is 0 Å². The molecule has 8 nitrogen and oxygen atoms in total. The number of fused-ring (bicyclic) bond motifs is 2. The Bertz CT molecular complexity index is 1430. The van der Waals surface area contributed by atoms with Crippen LogP contribution in [-0.2, 0) is 27.2 Å². The predicted molar refractivity (Wildman–Crippen MR) is 134 cm³/mol. The molecular weight excluding hydrogens is 462 g/mol. The number of nitrogens with zero attached hydrogens (tertiary/aromatic N) is 4. The van der Waals surface area contributed by atoms with Gasteiger partial charge in [0.2, 0.25) is 5.91 Å². The SMILES string of the molecule is COSc1ccc(CC(=O)Nc2cc(C)c3c(n2)CCC(C)(c2nccn4ccnc24)C3=O)cc1. The van der Waals surface area contributed by atoms with Crippen LogP contribution in [0.4, 0.5) is 5.82 Å². The minimum absolute atomic E-state index is 0.0146. The van der Waals surface area contributed by atoms with Gasteiger partial charge in [0.25, 0.3) is 0 Å². The van der Waals surface area contributed by atoms with Gasteiger partial charge < -0.3 is 13.9 Å². The summed E-state index contributed by atoms with van der Waals surface area (Å²) in [5, 5.41) is 2.89. The molecule has 0 aliphatic heterocycles. The number of rotatable bonds is 6. The zero-order chi connectivity index (χ0) is 24.6. The molecule has 1 aliphatic carbocycles. The second kappa shape index (κ2) is 9.24. The fourth-order valence-corrected chi connectivity index (χ4v) is 5.09. The maximum absolute atomic E-state index is 13.8. The number of pyridine rings is 1. The summed E-state index contributed by atoms with van der Waals surface area (Å²) in [7, 11) is 1.62. The van der Waals surface area contributed by atoms with Crippen molar-refractivity contribution in [3.63, 3.8) is 0 Å². The summed E-state index contributed by atoms with van der Waals surface area (Å²) < 4.78 is 6.92. The Hall–Kier alpha value is -3.56. The highest BCUT2D eigenvalue weighted by molar-refractivity contribution is 7.94. The van der Waals surface area contributed by atoms with Gasteiger partial charge in [0.15, 0.2) is 11.4 Å². The summed E-state index contributed by atoms with van der Waals surface area (Å²) >= 11 is 1.27. The molecule has 0 spiro atoms. The fraction of sp³-hybridized carbons (Fsp3) is 0.269. The predicted octanol–water partition coefficient (Wildman–Crippen LogP) is 4.35. The van der Waals surface area contributed by atoms with E-state index in [2.05, 4.69) is 20.3 Å². The van der Waals surface area contributed by atoms with Crippen molar-refractivity contribution in [3.05, 3.63) is 83.2 Å². The largest absolute Gasteiger partial charge is 0.314 e. The van der Waals surface area contributed by atoms with Crippen LogP contribution in [0.5, 0.6) is 0 Å². The molecule has 1 unspecified atom stereocenters. The molecule has 3 heterocycles. The summed E-state index contributed by atoms with van der Waals surface area (Å²) in [6, 6.07) is 9.40. The third-order valence-electron chi connectivity index (χ3n) is 6.45. The van der Waals surface area contributed by atoms with Gasteiger partial charge in [-0.1, -0.05) is 12.1 Å². The highest BCUT2D eigenvalue weighted by Crippen LogP contribution is 2.39. The van der Waals surface area contributed by atoms with Crippen molar-refractivity contribution in [1.29, 1.82) is 0 Å². The fourth-order valence-electron chi connectivity index (χ4n) is 4.65. The van der Waals surface area contributed by atoms with Gasteiger partial charge in [0.05, 0.1) is 30.3 Å². The molecule has 35 heavy (non-hydrogen) atoms. The molecule has 1 aromatic carbocycles. The van der Waals surface area contributed by atoms with Gasteiger partial charge in [-0.15, -0.1) is 0 Å². The van der Waals surface area contributed by atoms with Crippen LogP contribution >= 0.6 is 12.0 Å². The Balaban J connectivity index is 1.37. The molecule has 0 saturated heterocycles. The molecule has 1 atom stereocenters. The van der Waals surface area contributed by atoms with Crippen molar-refractivity contribution < 1.29 is 13.8 Å². The number of anilines is 1.